The normalized spacial score (nSPS) is 16.8. The van der Waals surface area contributed by atoms with Gasteiger partial charge in [0.15, 0.2) is 5.13 Å². The lowest BCUT2D eigenvalue weighted by Gasteiger charge is -2.33. The van der Waals surface area contributed by atoms with Gasteiger partial charge in [-0.05, 0) is 44.7 Å². The molecule has 1 aliphatic carbocycles. The van der Waals surface area contributed by atoms with Crippen molar-refractivity contribution in [2.75, 3.05) is 32.5 Å². The Morgan fingerprint density at radius 1 is 1.20 bits per heavy atom. The van der Waals surface area contributed by atoms with Crippen LogP contribution in [0.5, 0.6) is 0 Å². The SMILES string of the molecule is CC(=O)Nc1nc2c(s1)-c1c(c(-c3ccc(C)nc3)nn1C1CCN(S(=O)(=O)N(C)C)CC1)CC2. The van der Waals surface area contributed by atoms with Crippen molar-refractivity contribution in [3.05, 3.63) is 35.3 Å². The van der Waals surface area contributed by atoms with E-state index in [2.05, 4.69) is 20.0 Å². The van der Waals surface area contributed by atoms with Gasteiger partial charge in [0.2, 0.25) is 5.91 Å². The monoisotopic (exact) mass is 515 g/mol. The molecule has 0 spiro atoms. The fraction of sp³-hybridized carbons (Fsp3) is 0.478. The predicted molar refractivity (Wildman–Crippen MR) is 135 cm³/mol. The Morgan fingerprint density at radius 2 is 1.94 bits per heavy atom. The molecular weight excluding hydrogens is 486 g/mol. The zero-order valence-corrected chi connectivity index (χ0v) is 21.9. The second-order valence-corrected chi connectivity index (χ2v) is 12.3. The van der Waals surface area contributed by atoms with Gasteiger partial charge in [-0.15, -0.1) is 0 Å². The van der Waals surface area contributed by atoms with Crippen LogP contribution < -0.4 is 5.32 Å². The van der Waals surface area contributed by atoms with Crippen molar-refractivity contribution < 1.29 is 13.2 Å². The van der Waals surface area contributed by atoms with Gasteiger partial charge in [-0.3, -0.25) is 14.5 Å². The molecule has 186 valence electrons. The lowest BCUT2D eigenvalue weighted by Crippen LogP contribution is -2.44. The number of aromatic nitrogens is 4. The molecule has 0 bridgehead atoms. The quantitative estimate of drug-likeness (QED) is 0.559. The molecule has 1 amide bonds. The number of hydrogen-bond acceptors (Lipinski definition) is 7. The Bertz CT molecular complexity index is 1370. The van der Waals surface area contributed by atoms with Gasteiger partial charge in [0.1, 0.15) is 0 Å². The van der Waals surface area contributed by atoms with Gasteiger partial charge in [0, 0.05) is 57.1 Å². The van der Waals surface area contributed by atoms with Crippen LogP contribution in [0.1, 0.15) is 42.8 Å². The number of thiazole rings is 1. The van der Waals surface area contributed by atoms with E-state index in [1.807, 2.05) is 25.3 Å². The largest absolute Gasteiger partial charge is 0.302 e. The van der Waals surface area contributed by atoms with Crippen LogP contribution in [0, 0.1) is 6.92 Å². The molecule has 10 nitrogen and oxygen atoms in total. The topological polar surface area (TPSA) is 113 Å². The summed E-state index contributed by atoms with van der Waals surface area (Å²) in [6.07, 6.45) is 4.76. The number of nitrogens with one attached hydrogen (secondary N) is 1. The molecular formula is C23H29N7O3S2. The number of hydrogen-bond donors (Lipinski definition) is 1. The molecule has 0 unspecified atom stereocenters. The Balaban J connectivity index is 1.56. The molecule has 0 saturated carbocycles. The summed E-state index contributed by atoms with van der Waals surface area (Å²) in [6, 6.07) is 4.09. The van der Waals surface area contributed by atoms with Crippen LogP contribution in [0.4, 0.5) is 5.13 Å². The number of fused-ring (bicyclic) bond motifs is 3. The first-order valence-electron chi connectivity index (χ1n) is 11.6. The van der Waals surface area contributed by atoms with E-state index in [0.717, 1.165) is 51.6 Å². The van der Waals surface area contributed by atoms with Gasteiger partial charge >= 0.3 is 0 Å². The van der Waals surface area contributed by atoms with Gasteiger partial charge in [0.05, 0.1) is 28.0 Å². The maximum Gasteiger partial charge on any atom is 0.281 e. The number of nitrogens with zero attached hydrogens (tertiary/aromatic N) is 6. The number of carbonyl (C=O) groups is 1. The first kappa shape index (κ1) is 24.0. The smallest absolute Gasteiger partial charge is 0.281 e. The van der Waals surface area contributed by atoms with Crippen LogP contribution in [-0.4, -0.2) is 69.9 Å². The molecule has 1 fully saturated rings. The van der Waals surface area contributed by atoms with Gasteiger partial charge in [-0.1, -0.05) is 11.3 Å². The highest BCUT2D eigenvalue weighted by atomic mass is 32.2. The van der Waals surface area contributed by atoms with E-state index < -0.39 is 10.2 Å². The molecule has 3 aromatic rings. The summed E-state index contributed by atoms with van der Waals surface area (Å²) in [6.45, 7) is 4.32. The number of carbonyl (C=O) groups excluding carboxylic acids is 1. The Labute approximate surface area is 209 Å². The highest BCUT2D eigenvalue weighted by Gasteiger charge is 2.35. The maximum absolute atomic E-state index is 12.6. The standard InChI is InChI=1S/C23H29N7O3S2/c1-14-5-6-16(13-24-14)20-18-7-8-19-22(34-23(26-19)25-15(2)31)21(18)30(27-20)17-9-11-29(12-10-17)35(32,33)28(3)4/h5-6,13,17H,7-12H2,1-4H3,(H,25,26,31). The molecule has 2 aliphatic rings. The van der Waals surface area contributed by atoms with Crippen LogP contribution in [0.25, 0.3) is 21.8 Å². The van der Waals surface area contributed by atoms with Gasteiger partial charge in [-0.25, -0.2) is 4.98 Å². The molecule has 0 aromatic carbocycles. The first-order chi connectivity index (χ1) is 16.6. The zero-order valence-electron chi connectivity index (χ0n) is 20.3. The summed E-state index contributed by atoms with van der Waals surface area (Å²) in [5.41, 5.74) is 5.98. The van der Waals surface area contributed by atoms with Crippen LogP contribution in [0.3, 0.4) is 0 Å². The minimum atomic E-state index is -3.44. The molecule has 1 N–H and O–H groups in total. The number of piperidine rings is 1. The van der Waals surface area contributed by atoms with E-state index in [-0.39, 0.29) is 11.9 Å². The minimum Gasteiger partial charge on any atom is -0.302 e. The average molecular weight is 516 g/mol. The molecule has 1 aliphatic heterocycles. The van der Waals surface area contributed by atoms with Gasteiger partial charge < -0.3 is 5.32 Å². The Kier molecular flexibility index (Phi) is 6.24. The lowest BCUT2D eigenvalue weighted by atomic mass is 9.95. The maximum atomic E-state index is 12.6. The zero-order chi connectivity index (χ0) is 24.9. The molecule has 4 heterocycles. The first-order valence-corrected chi connectivity index (χ1v) is 13.9. The van der Waals surface area contributed by atoms with Crippen molar-refractivity contribution in [2.45, 2.75) is 45.6 Å². The second-order valence-electron chi connectivity index (χ2n) is 9.21. The third-order valence-corrected chi connectivity index (χ3v) is 9.52. The van der Waals surface area contributed by atoms with Crippen LogP contribution >= 0.6 is 11.3 Å². The fourth-order valence-electron chi connectivity index (χ4n) is 4.75. The molecule has 0 atom stereocenters. The van der Waals surface area contributed by atoms with Gasteiger partial charge in [0.25, 0.3) is 10.2 Å². The number of amides is 1. The van der Waals surface area contributed by atoms with Crippen LogP contribution in [0.15, 0.2) is 18.3 Å². The van der Waals surface area contributed by atoms with E-state index in [1.54, 1.807) is 14.1 Å². The second kappa shape index (κ2) is 9.08. The third kappa shape index (κ3) is 4.39. The van der Waals surface area contributed by atoms with E-state index in [9.17, 15) is 13.2 Å². The Hall–Kier alpha value is -2.67. The number of aryl methyl sites for hydroxylation is 2. The summed E-state index contributed by atoms with van der Waals surface area (Å²) in [5, 5.41) is 8.51. The number of rotatable bonds is 5. The van der Waals surface area contributed by atoms with Crippen LogP contribution in [-0.2, 0) is 27.8 Å². The van der Waals surface area contributed by atoms with Crippen molar-refractivity contribution in [3.8, 4) is 21.8 Å². The molecule has 1 saturated heterocycles. The summed E-state index contributed by atoms with van der Waals surface area (Å²) < 4.78 is 30.1. The third-order valence-electron chi connectivity index (χ3n) is 6.56. The number of anilines is 1. The van der Waals surface area contributed by atoms with Crippen molar-refractivity contribution >= 4 is 32.6 Å². The van der Waals surface area contributed by atoms with Gasteiger partial charge in [-0.2, -0.15) is 22.1 Å². The molecule has 0 radical (unpaired) electrons. The average Bonchev–Trinajstić information content (AvgIpc) is 3.40. The van der Waals surface area contributed by atoms with E-state index >= 15 is 0 Å². The van der Waals surface area contributed by atoms with Crippen molar-refractivity contribution in [2.24, 2.45) is 0 Å². The fourth-order valence-corrected chi connectivity index (χ4v) is 7.01. The van der Waals surface area contributed by atoms with E-state index in [4.69, 9.17) is 5.10 Å². The minimum absolute atomic E-state index is 0.0572. The number of pyridine rings is 1. The molecule has 35 heavy (non-hydrogen) atoms. The lowest BCUT2D eigenvalue weighted by molar-refractivity contribution is -0.114. The Morgan fingerprint density at radius 3 is 2.57 bits per heavy atom. The van der Waals surface area contributed by atoms with Crippen molar-refractivity contribution in [1.29, 1.82) is 0 Å². The highest BCUT2D eigenvalue weighted by Crippen LogP contribution is 2.45. The van der Waals surface area contributed by atoms with Crippen LogP contribution in [0.2, 0.25) is 0 Å². The molecule has 3 aromatic heterocycles. The van der Waals surface area contributed by atoms with E-state index in [1.165, 1.54) is 26.9 Å². The summed E-state index contributed by atoms with van der Waals surface area (Å²) in [4.78, 5) is 21.8. The highest BCUT2D eigenvalue weighted by molar-refractivity contribution is 7.86. The van der Waals surface area contributed by atoms with E-state index in [0.29, 0.717) is 31.1 Å². The summed E-state index contributed by atoms with van der Waals surface area (Å²) in [5.74, 6) is -0.147. The van der Waals surface area contributed by atoms with Crippen molar-refractivity contribution in [1.82, 2.24) is 28.4 Å². The molecule has 12 heteroatoms. The summed E-state index contributed by atoms with van der Waals surface area (Å²) >= 11 is 1.47. The van der Waals surface area contributed by atoms with Crippen molar-refractivity contribution in [3.63, 3.8) is 0 Å². The summed E-state index contributed by atoms with van der Waals surface area (Å²) in [7, 11) is -0.320. The predicted octanol–water partition coefficient (Wildman–Crippen LogP) is 2.88. The molecule has 5 rings (SSSR count).